The molecule has 0 aromatic carbocycles. The number of aliphatic hydroxyl groups is 1. The van der Waals surface area contributed by atoms with Crippen LogP contribution in [0.4, 0.5) is 0 Å². The van der Waals surface area contributed by atoms with Gasteiger partial charge in [-0.2, -0.15) is 0 Å². The predicted octanol–water partition coefficient (Wildman–Crippen LogP) is 7.15. The van der Waals surface area contributed by atoms with Gasteiger partial charge in [0.25, 0.3) is 6.47 Å². The minimum absolute atomic E-state index is 0.115. The lowest BCUT2D eigenvalue weighted by atomic mass is 9.97. The van der Waals surface area contributed by atoms with E-state index in [1.54, 1.807) is 0 Å². The van der Waals surface area contributed by atoms with Crippen LogP contribution in [0.2, 0.25) is 0 Å². The summed E-state index contributed by atoms with van der Waals surface area (Å²) in [6.45, 7) is 16.3. The molecular formula is C39H46N4O4. The molecule has 1 aromatic rings. The van der Waals surface area contributed by atoms with Crippen LogP contribution in [0.3, 0.4) is 0 Å². The number of allylic oxidation sites excluding steroid dienone is 8. The molecule has 5 heterocycles. The zero-order valence-electron chi connectivity index (χ0n) is 28.8. The average molecular weight is 635 g/mol. The number of aromatic amines is 1. The first-order valence-electron chi connectivity index (χ1n) is 17.0. The Balaban J connectivity index is 1.58. The third-order valence-electron chi connectivity index (χ3n) is 10.0. The Morgan fingerprint density at radius 3 is 2.40 bits per heavy atom. The van der Waals surface area contributed by atoms with Crippen LogP contribution in [-0.2, 0) is 14.3 Å². The number of aliphatic hydroxyl groups excluding tert-OH is 1. The second-order valence-electron chi connectivity index (χ2n) is 13.0. The third-order valence-corrected chi connectivity index (χ3v) is 10.0. The summed E-state index contributed by atoms with van der Waals surface area (Å²) in [6, 6.07) is 0. The lowest BCUT2D eigenvalue weighted by molar-refractivity contribution is -0.128. The molecule has 0 radical (unpaired) electrons. The van der Waals surface area contributed by atoms with E-state index in [2.05, 4.69) is 64.8 Å². The molecular weight excluding hydrogens is 588 g/mol. The number of hydrogen-bond acceptors (Lipinski definition) is 7. The average Bonchev–Trinajstić information content (AvgIpc) is 3.80. The molecule has 1 aliphatic carbocycles. The SMILES string of the molecule is CCCCCCOC(C)c1c(C)c2[nH]c1=CC1=NC(=CC3=C(C)C4=C(O)CC(=C5N=C(C=2)C(C)=C5CCOC=O)C4=N3)C(CC)=C1C. The van der Waals surface area contributed by atoms with Gasteiger partial charge in [0, 0.05) is 46.9 Å². The van der Waals surface area contributed by atoms with E-state index in [-0.39, 0.29) is 12.7 Å². The van der Waals surface area contributed by atoms with Gasteiger partial charge in [-0.25, -0.2) is 15.0 Å². The smallest absolute Gasteiger partial charge is 0.293 e. The fourth-order valence-corrected chi connectivity index (χ4v) is 7.37. The molecule has 0 spiro atoms. The summed E-state index contributed by atoms with van der Waals surface area (Å²) in [5, 5.41) is 13.2. The van der Waals surface area contributed by atoms with E-state index in [9.17, 15) is 9.90 Å². The van der Waals surface area contributed by atoms with Crippen LogP contribution >= 0.6 is 0 Å². The van der Waals surface area contributed by atoms with Crippen LogP contribution in [0.1, 0.15) is 104 Å². The Morgan fingerprint density at radius 1 is 0.915 bits per heavy atom. The van der Waals surface area contributed by atoms with E-state index in [1.165, 1.54) is 24.8 Å². The normalized spacial score (nSPS) is 19.3. The molecule has 6 rings (SSSR count). The summed E-state index contributed by atoms with van der Waals surface area (Å²) in [4.78, 5) is 30.2. The van der Waals surface area contributed by atoms with E-state index in [0.29, 0.717) is 31.7 Å². The van der Waals surface area contributed by atoms with Crippen LogP contribution in [0.15, 0.2) is 82.9 Å². The van der Waals surface area contributed by atoms with Gasteiger partial charge in [-0.3, -0.25) is 4.79 Å². The van der Waals surface area contributed by atoms with Crippen molar-refractivity contribution in [2.75, 3.05) is 13.2 Å². The van der Waals surface area contributed by atoms with Crippen molar-refractivity contribution in [2.45, 2.75) is 99.5 Å². The second kappa shape index (κ2) is 13.4. The Kier molecular flexibility index (Phi) is 9.33. The lowest BCUT2D eigenvalue weighted by Crippen LogP contribution is -2.17. The number of hydrogen-bond donors (Lipinski definition) is 2. The van der Waals surface area contributed by atoms with Gasteiger partial charge in [0.1, 0.15) is 5.76 Å². The number of rotatable bonds is 12. The molecule has 8 bridgehead atoms. The number of aromatic nitrogens is 1. The first-order valence-corrected chi connectivity index (χ1v) is 17.0. The second-order valence-corrected chi connectivity index (χ2v) is 13.0. The van der Waals surface area contributed by atoms with Gasteiger partial charge in [-0.15, -0.1) is 0 Å². The van der Waals surface area contributed by atoms with Gasteiger partial charge in [-0.05, 0) is 99.1 Å². The summed E-state index contributed by atoms with van der Waals surface area (Å²) < 4.78 is 11.6. The van der Waals surface area contributed by atoms with E-state index < -0.39 is 0 Å². The Morgan fingerprint density at radius 2 is 1.66 bits per heavy atom. The number of fused-ring (bicyclic) bond motifs is 5. The highest BCUT2D eigenvalue weighted by molar-refractivity contribution is 6.26. The van der Waals surface area contributed by atoms with Crippen LogP contribution in [0.5, 0.6) is 0 Å². The third kappa shape index (κ3) is 5.88. The monoisotopic (exact) mass is 634 g/mol. The van der Waals surface area contributed by atoms with E-state index in [4.69, 9.17) is 24.5 Å². The maximum absolute atomic E-state index is 11.2. The minimum atomic E-state index is -0.115. The molecule has 246 valence electrons. The molecule has 0 saturated heterocycles. The number of nitrogens with one attached hydrogen (secondary N) is 1. The highest BCUT2D eigenvalue weighted by atomic mass is 16.5. The first kappa shape index (κ1) is 32.6. The van der Waals surface area contributed by atoms with Crippen molar-refractivity contribution in [3.8, 4) is 0 Å². The zero-order chi connectivity index (χ0) is 33.4. The van der Waals surface area contributed by atoms with E-state index >= 15 is 0 Å². The number of H-pyrrole nitrogens is 1. The molecule has 47 heavy (non-hydrogen) atoms. The maximum atomic E-state index is 11.2. The Bertz CT molecular complexity index is 1950. The van der Waals surface area contributed by atoms with Crippen molar-refractivity contribution in [1.29, 1.82) is 0 Å². The molecule has 0 fully saturated rings. The fourth-order valence-electron chi connectivity index (χ4n) is 7.37. The summed E-state index contributed by atoms with van der Waals surface area (Å²) in [5.41, 5.74) is 14.2. The predicted molar refractivity (Wildman–Crippen MR) is 189 cm³/mol. The largest absolute Gasteiger partial charge is 0.511 e. The summed E-state index contributed by atoms with van der Waals surface area (Å²) in [5.74, 6) is 0.302. The van der Waals surface area contributed by atoms with Gasteiger partial charge in [0.15, 0.2) is 0 Å². The highest BCUT2D eigenvalue weighted by Gasteiger charge is 2.37. The van der Waals surface area contributed by atoms with Gasteiger partial charge in [0.2, 0.25) is 0 Å². The van der Waals surface area contributed by atoms with Crippen molar-refractivity contribution >= 4 is 35.8 Å². The molecule has 0 saturated carbocycles. The van der Waals surface area contributed by atoms with Crippen LogP contribution < -0.4 is 10.7 Å². The number of aliphatic imine (C=N–C) groups is 3. The molecule has 1 atom stereocenters. The van der Waals surface area contributed by atoms with Crippen LogP contribution in [0, 0.1) is 6.92 Å². The molecule has 1 aromatic heterocycles. The van der Waals surface area contributed by atoms with Crippen molar-refractivity contribution in [3.63, 3.8) is 0 Å². The minimum Gasteiger partial charge on any atom is -0.511 e. The molecule has 1 unspecified atom stereocenters. The van der Waals surface area contributed by atoms with Gasteiger partial charge < -0.3 is 19.6 Å². The summed E-state index contributed by atoms with van der Waals surface area (Å²) in [7, 11) is 0. The van der Waals surface area contributed by atoms with Gasteiger partial charge in [0.05, 0.1) is 46.9 Å². The number of ether oxygens (including phenoxy) is 2. The molecule has 2 N–H and O–H groups in total. The Hall–Kier alpha value is -4.30. The number of nitrogens with zero attached hydrogens (tertiary/aromatic N) is 3. The number of carbonyl (C=O) groups is 1. The van der Waals surface area contributed by atoms with Crippen molar-refractivity contribution in [1.82, 2.24) is 4.98 Å². The van der Waals surface area contributed by atoms with Crippen molar-refractivity contribution < 1.29 is 19.4 Å². The molecule has 5 aliphatic rings. The van der Waals surface area contributed by atoms with Crippen molar-refractivity contribution in [2.24, 2.45) is 15.0 Å². The van der Waals surface area contributed by atoms with Crippen LogP contribution in [-0.4, -0.2) is 46.9 Å². The van der Waals surface area contributed by atoms with Crippen LogP contribution in [0.25, 0.3) is 12.2 Å². The molecule has 0 amide bonds. The Labute approximate surface area is 277 Å². The highest BCUT2D eigenvalue weighted by Crippen LogP contribution is 2.44. The fraction of sp³-hybridized carbons (Fsp3) is 0.436. The summed E-state index contributed by atoms with van der Waals surface area (Å²) >= 11 is 0. The zero-order valence-corrected chi connectivity index (χ0v) is 28.8. The lowest BCUT2D eigenvalue weighted by Gasteiger charge is -2.13. The van der Waals surface area contributed by atoms with Crippen molar-refractivity contribution in [3.05, 3.63) is 89.8 Å². The first-order chi connectivity index (χ1) is 22.7. The van der Waals surface area contributed by atoms with E-state index in [1.807, 2.05) is 6.92 Å². The standard InChI is InChI=1S/C39H46N4O4/c1-8-10-11-12-14-47-25(7)36-23(5)31-17-30-22(4)27(13-15-46-20-44)38(42-30)28-16-35(45)37-24(6)32(43-39(28)37)18-33-26(9-2)21(3)29(40-33)19-34(36)41-31/h17-20,25,41,45H,8-16H2,1-7H3. The maximum Gasteiger partial charge on any atom is 0.293 e. The van der Waals surface area contributed by atoms with Gasteiger partial charge >= 0.3 is 0 Å². The number of carbonyl (C=O) groups excluding carboxylic acids is 1. The van der Waals surface area contributed by atoms with Gasteiger partial charge in [-0.1, -0.05) is 33.1 Å². The molecule has 4 aliphatic heterocycles. The number of unbranched alkanes of at least 4 members (excludes halogenated alkanes) is 3. The summed E-state index contributed by atoms with van der Waals surface area (Å²) in [6.07, 6.45) is 12.5. The van der Waals surface area contributed by atoms with E-state index in [0.717, 1.165) is 102 Å². The quantitative estimate of drug-likeness (QED) is 0.188. The topological polar surface area (TPSA) is 109 Å². The molecule has 8 heteroatoms. The molecule has 8 nitrogen and oxygen atoms in total.